The van der Waals surface area contributed by atoms with Crippen molar-refractivity contribution >= 4 is 22.6 Å². The first-order chi connectivity index (χ1) is 8.59. The smallest absolute Gasteiger partial charge is 0.339 e. The number of carboxylic acids is 1. The van der Waals surface area contributed by atoms with Gasteiger partial charge in [-0.15, -0.1) is 0 Å². The van der Waals surface area contributed by atoms with E-state index in [0.29, 0.717) is 5.39 Å². The minimum Gasteiger partial charge on any atom is -0.482 e. The molecule has 2 aromatic rings. The van der Waals surface area contributed by atoms with Crippen LogP contribution in [0.1, 0.15) is 10.4 Å². The molecule has 3 N–H and O–H groups in total. The Balaban J connectivity index is 2.58. The van der Waals surface area contributed by atoms with E-state index in [1.807, 2.05) is 12.1 Å². The van der Waals surface area contributed by atoms with E-state index in [4.69, 9.17) is 15.6 Å². The molecule has 0 saturated carbocycles. The summed E-state index contributed by atoms with van der Waals surface area (Å²) in [5, 5.41) is 10.6. The molecule has 0 spiro atoms. The SMILES string of the molecule is NC(=O)COc1c(C(=O)O)ccc2ccccc12. The topological polar surface area (TPSA) is 89.6 Å². The van der Waals surface area contributed by atoms with Gasteiger partial charge >= 0.3 is 5.97 Å². The van der Waals surface area contributed by atoms with Gasteiger partial charge in [-0.25, -0.2) is 4.79 Å². The van der Waals surface area contributed by atoms with Crippen LogP contribution in [0.2, 0.25) is 0 Å². The Morgan fingerprint density at radius 1 is 1.17 bits per heavy atom. The maximum absolute atomic E-state index is 11.1. The standard InChI is InChI=1S/C13H11NO4/c14-11(15)7-18-12-9-4-2-1-3-8(9)5-6-10(12)13(16)17/h1-6H,7H2,(H2,14,15)(H,16,17). The number of amides is 1. The quantitative estimate of drug-likeness (QED) is 0.852. The lowest BCUT2D eigenvalue weighted by Gasteiger charge is -2.10. The zero-order valence-electron chi connectivity index (χ0n) is 9.42. The predicted molar refractivity (Wildman–Crippen MR) is 65.6 cm³/mol. The fourth-order valence-corrected chi connectivity index (χ4v) is 1.71. The number of carbonyl (C=O) groups excluding carboxylic acids is 1. The summed E-state index contributed by atoms with van der Waals surface area (Å²) in [6.07, 6.45) is 0. The highest BCUT2D eigenvalue weighted by Crippen LogP contribution is 2.29. The summed E-state index contributed by atoms with van der Waals surface area (Å²) in [5.74, 6) is -1.60. The second-order valence-corrected chi connectivity index (χ2v) is 3.72. The molecule has 92 valence electrons. The van der Waals surface area contributed by atoms with E-state index in [2.05, 4.69) is 0 Å². The lowest BCUT2D eigenvalue weighted by atomic mass is 10.1. The zero-order chi connectivity index (χ0) is 13.1. The molecule has 0 aromatic heterocycles. The minimum absolute atomic E-state index is 0.00921. The number of carbonyl (C=O) groups is 2. The van der Waals surface area contributed by atoms with Gasteiger partial charge in [0, 0.05) is 5.39 Å². The van der Waals surface area contributed by atoms with Crippen LogP contribution >= 0.6 is 0 Å². The molecule has 2 rings (SSSR count). The van der Waals surface area contributed by atoms with Gasteiger partial charge < -0.3 is 15.6 Å². The largest absolute Gasteiger partial charge is 0.482 e. The Bertz CT molecular complexity index is 621. The molecule has 0 atom stereocenters. The number of ether oxygens (including phenoxy) is 1. The molecule has 5 nitrogen and oxygen atoms in total. The number of fused-ring (bicyclic) bond motifs is 1. The summed E-state index contributed by atoms with van der Waals surface area (Å²) in [5.41, 5.74) is 5.01. The molecule has 0 aliphatic carbocycles. The number of aromatic carboxylic acids is 1. The molecule has 2 aromatic carbocycles. The van der Waals surface area contributed by atoms with Crippen molar-refractivity contribution in [2.75, 3.05) is 6.61 Å². The summed E-state index contributed by atoms with van der Waals surface area (Å²) in [7, 11) is 0. The van der Waals surface area contributed by atoms with Gasteiger partial charge in [-0.3, -0.25) is 4.79 Å². The molecule has 0 radical (unpaired) electrons. The van der Waals surface area contributed by atoms with E-state index in [9.17, 15) is 9.59 Å². The Kier molecular flexibility index (Phi) is 3.14. The third-order valence-corrected chi connectivity index (χ3v) is 2.47. The van der Waals surface area contributed by atoms with Crippen LogP contribution in [0.3, 0.4) is 0 Å². The van der Waals surface area contributed by atoms with Gasteiger partial charge in [0.25, 0.3) is 5.91 Å². The normalized spacial score (nSPS) is 10.2. The molecule has 0 unspecified atom stereocenters. The van der Waals surface area contributed by atoms with Crippen molar-refractivity contribution in [1.29, 1.82) is 0 Å². The van der Waals surface area contributed by atoms with Crippen LogP contribution in [0.15, 0.2) is 36.4 Å². The van der Waals surface area contributed by atoms with E-state index < -0.39 is 11.9 Å². The van der Waals surface area contributed by atoms with E-state index in [0.717, 1.165) is 5.39 Å². The van der Waals surface area contributed by atoms with Crippen molar-refractivity contribution in [2.45, 2.75) is 0 Å². The van der Waals surface area contributed by atoms with Crippen LogP contribution in [-0.4, -0.2) is 23.6 Å². The van der Waals surface area contributed by atoms with E-state index in [1.165, 1.54) is 6.07 Å². The molecule has 0 aliphatic rings. The van der Waals surface area contributed by atoms with Crippen LogP contribution in [0, 0.1) is 0 Å². The Morgan fingerprint density at radius 3 is 2.56 bits per heavy atom. The Morgan fingerprint density at radius 2 is 1.89 bits per heavy atom. The lowest BCUT2D eigenvalue weighted by Crippen LogP contribution is -2.21. The maximum atomic E-state index is 11.1. The van der Waals surface area contributed by atoms with Crippen molar-refractivity contribution in [1.82, 2.24) is 0 Å². The molecule has 0 fully saturated rings. The molecular weight excluding hydrogens is 234 g/mol. The fraction of sp³-hybridized carbons (Fsp3) is 0.0769. The third-order valence-electron chi connectivity index (χ3n) is 2.47. The van der Waals surface area contributed by atoms with Gasteiger partial charge in [0.15, 0.2) is 6.61 Å². The molecule has 0 bridgehead atoms. The number of hydrogen-bond donors (Lipinski definition) is 2. The monoisotopic (exact) mass is 245 g/mol. The van der Waals surface area contributed by atoms with Gasteiger partial charge in [0.1, 0.15) is 11.3 Å². The van der Waals surface area contributed by atoms with Crippen molar-refractivity contribution < 1.29 is 19.4 Å². The Labute approximate surface area is 103 Å². The van der Waals surface area contributed by atoms with Crippen molar-refractivity contribution in [3.05, 3.63) is 42.0 Å². The average molecular weight is 245 g/mol. The first kappa shape index (κ1) is 11.9. The van der Waals surface area contributed by atoms with Crippen LogP contribution in [0.4, 0.5) is 0 Å². The van der Waals surface area contributed by atoms with E-state index in [-0.39, 0.29) is 17.9 Å². The van der Waals surface area contributed by atoms with Crippen molar-refractivity contribution in [3.8, 4) is 5.75 Å². The molecule has 5 heteroatoms. The second kappa shape index (κ2) is 4.75. The van der Waals surface area contributed by atoms with Gasteiger partial charge in [0.05, 0.1) is 0 Å². The third kappa shape index (κ3) is 2.24. The minimum atomic E-state index is -1.11. The number of nitrogens with two attached hydrogens (primary N) is 1. The number of primary amides is 1. The molecule has 0 aliphatic heterocycles. The lowest BCUT2D eigenvalue weighted by molar-refractivity contribution is -0.119. The molecule has 0 heterocycles. The summed E-state index contributed by atoms with van der Waals surface area (Å²) in [6.45, 7) is -0.353. The van der Waals surface area contributed by atoms with E-state index in [1.54, 1.807) is 18.2 Å². The van der Waals surface area contributed by atoms with Gasteiger partial charge in [-0.1, -0.05) is 30.3 Å². The van der Waals surface area contributed by atoms with Crippen LogP contribution in [-0.2, 0) is 4.79 Å². The molecular formula is C13H11NO4. The van der Waals surface area contributed by atoms with Crippen LogP contribution in [0.25, 0.3) is 10.8 Å². The number of carboxylic acid groups (broad SMARTS) is 1. The fourth-order valence-electron chi connectivity index (χ4n) is 1.71. The highest BCUT2D eigenvalue weighted by atomic mass is 16.5. The average Bonchev–Trinajstić information content (AvgIpc) is 2.35. The summed E-state index contributed by atoms with van der Waals surface area (Å²) in [4.78, 5) is 21.9. The first-order valence-corrected chi connectivity index (χ1v) is 5.25. The first-order valence-electron chi connectivity index (χ1n) is 5.25. The maximum Gasteiger partial charge on any atom is 0.339 e. The second-order valence-electron chi connectivity index (χ2n) is 3.72. The Hall–Kier alpha value is -2.56. The molecule has 1 amide bonds. The highest BCUT2D eigenvalue weighted by molar-refractivity contribution is 6.00. The number of rotatable bonds is 4. The molecule has 0 saturated heterocycles. The number of benzene rings is 2. The van der Waals surface area contributed by atoms with Gasteiger partial charge in [-0.05, 0) is 11.5 Å². The van der Waals surface area contributed by atoms with Crippen LogP contribution < -0.4 is 10.5 Å². The van der Waals surface area contributed by atoms with E-state index >= 15 is 0 Å². The van der Waals surface area contributed by atoms with Crippen molar-refractivity contribution in [2.24, 2.45) is 5.73 Å². The predicted octanol–water partition coefficient (Wildman–Crippen LogP) is 1.40. The van der Waals surface area contributed by atoms with Crippen molar-refractivity contribution in [3.63, 3.8) is 0 Å². The summed E-state index contributed by atoms with van der Waals surface area (Å²) < 4.78 is 5.22. The molecule has 18 heavy (non-hydrogen) atoms. The van der Waals surface area contributed by atoms with Gasteiger partial charge in [0.2, 0.25) is 0 Å². The van der Waals surface area contributed by atoms with Gasteiger partial charge in [-0.2, -0.15) is 0 Å². The summed E-state index contributed by atoms with van der Waals surface area (Å²) in [6, 6.07) is 10.3. The summed E-state index contributed by atoms with van der Waals surface area (Å²) >= 11 is 0. The highest BCUT2D eigenvalue weighted by Gasteiger charge is 2.15. The van der Waals surface area contributed by atoms with Crippen LogP contribution in [0.5, 0.6) is 5.75 Å². The number of hydrogen-bond acceptors (Lipinski definition) is 3. The zero-order valence-corrected chi connectivity index (χ0v) is 9.42.